The van der Waals surface area contributed by atoms with E-state index in [9.17, 15) is 13.2 Å². The van der Waals surface area contributed by atoms with Crippen LogP contribution in [0.3, 0.4) is 0 Å². The van der Waals surface area contributed by atoms with Gasteiger partial charge in [-0.15, -0.1) is 0 Å². The van der Waals surface area contributed by atoms with E-state index in [1.165, 1.54) is 24.3 Å². The highest BCUT2D eigenvalue weighted by Crippen LogP contribution is 2.26. The maximum absolute atomic E-state index is 13.4. The number of hydrogen-bond acceptors (Lipinski definition) is 3. The van der Waals surface area contributed by atoms with E-state index in [2.05, 4.69) is 5.32 Å². The van der Waals surface area contributed by atoms with Crippen LogP contribution in [-0.2, 0) is 21.4 Å². The highest BCUT2D eigenvalue weighted by Gasteiger charge is 2.27. The van der Waals surface area contributed by atoms with Crippen LogP contribution in [0, 0.1) is 13.8 Å². The van der Waals surface area contributed by atoms with E-state index in [1.807, 2.05) is 26.0 Å². The van der Waals surface area contributed by atoms with Gasteiger partial charge in [0.25, 0.3) is 0 Å². The van der Waals surface area contributed by atoms with Crippen molar-refractivity contribution in [1.29, 1.82) is 0 Å². The molecular weight excluding hydrogens is 491 g/mol. The van der Waals surface area contributed by atoms with Crippen LogP contribution >= 0.6 is 34.8 Å². The molecule has 0 bridgehead atoms. The summed E-state index contributed by atoms with van der Waals surface area (Å²) in [5.41, 5.74) is 3.16. The monoisotopic (exact) mass is 510 g/mol. The Labute approximate surface area is 203 Å². The van der Waals surface area contributed by atoms with Gasteiger partial charge in [0.1, 0.15) is 0 Å². The zero-order valence-electron chi connectivity index (χ0n) is 17.4. The fourth-order valence-corrected chi connectivity index (χ4v) is 4.89. The first-order valence-corrected chi connectivity index (χ1v) is 12.2. The van der Waals surface area contributed by atoms with Crippen molar-refractivity contribution in [3.63, 3.8) is 0 Å². The quantitative estimate of drug-likeness (QED) is 0.417. The van der Waals surface area contributed by atoms with E-state index in [1.54, 1.807) is 24.3 Å². The van der Waals surface area contributed by atoms with E-state index in [4.69, 9.17) is 34.8 Å². The van der Waals surface area contributed by atoms with Crippen molar-refractivity contribution in [3.8, 4) is 0 Å². The van der Waals surface area contributed by atoms with Crippen molar-refractivity contribution in [1.82, 2.24) is 4.31 Å². The second kappa shape index (κ2) is 10.2. The maximum atomic E-state index is 13.4. The molecule has 5 nitrogen and oxygen atoms in total. The molecule has 0 radical (unpaired) electrons. The molecule has 3 aromatic carbocycles. The Bertz CT molecular complexity index is 1250. The lowest BCUT2D eigenvalue weighted by molar-refractivity contribution is -0.116. The average molecular weight is 512 g/mol. The van der Waals surface area contributed by atoms with Crippen LogP contribution in [-0.4, -0.2) is 25.2 Å². The number of carbonyl (C=O) groups is 1. The Morgan fingerprint density at radius 3 is 2.28 bits per heavy atom. The molecular formula is C23H21Cl3N2O3S. The topological polar surface area (TPSA) is 66.5 Å². The first kappa shape index (κ1) is 24.6. The summed E-state index contributed by atoms with van der Waals surface area (Å²) >= 11 is 18.0. The molecule has 3 aromatic rings. The lowest BCUT2D eigenvalue weighted by Crippen LogP contribution is -2.37. The molecule has 0 aliphatic heterocycles. The number of carbonyl (C=O) groups excluding carboxylic acids is 1. The minimum absolute atomic E-state index is 0.0292. The van der Waals surface area contributed by atoms with Crippen LogP contribution < -0.4 is 5.32 Å². The van der Waals surface area contributed by atoms with Crippen molar-refractivity contribution >= 4 is 56.4 Å². The molecule has 0 saturated heterocycles. The molecule has 0 heterocycles. The molecule has 9 heteroatoms. The number of sulfonamides is 1. The minimum Gasteiger partial charge on any atom is -0.325 e. The van der Waals surface area contributed by atoms with Crippen LogP contribution in [0.2, 0.25) is 15.1 Å². The number of amides is 1. The molecule has 168 valence electrons. The molecule has 0 fully saturated rings. The van der Waals surface area contributed by atoms with Gasteiger partial charge in [-0.1, -0.05) is 53.0 Å². The number of rotatable bonds is 7. The molecule has 0 aliphatic carbocycles. The Morgan fingerprint density at radius 2 is 1.62 bits per heavy atom. The summed E-state index contributed by atoms with van der Waals surface area (Å²) in [5.74, 6) is -0.462. The average Bonchev–Trinajstić information content (AvgIpc) is 2.74. The molecule has 0 unspecified atom stereocenters. The first-order chi connectivity index (χ1) is 15.1. The molecule has 0 aliphatic rings. The van der Waals surface area contributed by atoms with E-state index < -0.39 is 22.5 Å². The van der Waals surface area contributed by atoms with Gasteiger partial charge in [0, 0.05) is 17.3 Å². The zero-order valence-corrected chi connectivity index (χ0v) is 20.5. The Morgan fingerprint density at radius 1 is 0.938 bits per heavy atom. The SMILES string of the molecule is Cc1cccc(NC(=O)CN(Cc2ccc(Cl)c(Cl)c2)S(=O)(=O)c2ccc(Cl)cc2)c1C. The van der Waals surface area contributed by atoms with Crippen LogP contribution in [0.15, 0.2) is 65.6 Å². The molecule has 1 N–H and O–H groups in total. The van der Waals surface area contributed by atoms with Gasteiger partial charge in [0.15, 0.2) is 0 Å². The largest absolute Gasteiger partial charge is 0.325 e. The predicted octanol–water partition coefficient (Wildman–Crippen LogP) is 6.09. The standard InChI is InChI=1S/C23H21Cl3N2O3S/c1-15-4-3-5-22(16(15)2)27-23(29)14-28(13-17-6-11-20(25)21(26)12-17)32(30,31)19-9-7-18(24)8-10-19/h3-12H,13-14H2,1-2H3,(H,27,29). The summed E-state index contributed by atoms with van der Waals surface area (Å²) in [4.78, 5) is 12.9. The van der Waals surface area contributed by atoms with Gasteiger partial charge in [-0.25, -0.2) is 8.42 Å². The number of anilines is 1. The normalized spacial score (nSPS) is 11.6. The van der Waals surface area contributed by atoms with E-state index in [-0.39, 0.29) is 11.4 Å². The third-order valence-electron chi connectivity index (χ3n) is 4.99. The number of benzene rings is 3. The second-order valence-corrected chi connectivity index (χ2v) is 10.5. The summed E-state index contributed by atoms with van der Waals surface area (Å²) in [6, 6.07) is 16.2. The summed E-state index contributed by atoms with van der Waals surface area (Å²) in [7, 11) is -4.01. The van der Waals surface area contributed by atoms with E-state index >= 15 is 0 Å². The van der Waals surface area contributed by atoms with Crippen molar-refractivity contribution in [2.45, 2.75) is 25.3 Å². The Hall–Kier alpha value is -2.09. The number of nitrogens with zero attached hydrogens (tertiary/aromatic N) is 1. The highest BCUT2D eigenvalue weighted by molar-refractivity contribution is 7.89. The summed E-state index contributed by atoms with van der Waals surface area (Å²) in [6.45, 7) is 3.37. The van der Waals surface area contributed by atoms with Gasteiger partial charge < -0.3 is 5.32 Å². The van der Waals surface area contributed by atoms with Crippen LogP contribution in [0.1, 0.15) is 16.7 Å². The van der Waals surface area contributed by atoms with Gasteiger partial charge in [0.2, 0.25) is 15.9 Å². The van der Waals surface area contributed by atoms with Crippen LogP contribution in [0.5, 0.6) is 0 Å². The van der Waals surface area contributed by atoms with Crippen molar-refractivity contribution < 1.29 is 13.2 Å². The van der Waals surface area contributed by atoms with Gasteiger partial charge in [0.05, 0.1) is 21.5 Å². The van der Waals surface area contributed by atoms with Crippen molar-refractivity contribution in [2.24, 2.45) is 0 Å². The van der Waals surface area contributed by atoms with Gasteiger partial charge >= 0.3 is 0 Å². The smallest absolute Gasteiger partial charge is 0.243 e. The van der Waals surface area contributed by atoms with Crippen LogP contribution in [0.25, 0.3) is 0 Å². The summed E-state index contributed by atoms with van der Waals surface area (Å²) in [5, 5.41) is 3.87. The third kappa shape index (κ3) is 5.82. The second-order valence-electron chi connectivity index (χ2n) is 7.27. The third-order valence-corrected chi connectivity index (χ3v) is 7.79. The zero-order chi connectivity index (χ0) is 23.5. The fraction of sp³-hybridized carbons (Fsp3) is 0.174. The Balaban J connectivity index is 1.92. The highest BCUT2D eigenvalue weighted by atomic mass is 35.5. The van der Waals surface area contributed by atoms with Crippen LogP contribution in [0.4, 0.5) is 5.69 Å². The first-order valence-electron chi connectivity index (χ1n) is 9.63. The molecule has 32 heavy (non-hydrogen) atoms. The van der Waals surface area contributed by atoms with Crippen molar-refractivity contribution in [3.05, 3.63) is 92.4 Å². The number of aryl methyl sites for hydroxylation is 1. The molecule has 0 aromatic heterocycles. The lowest BCUT2D eigenvalue weighted by Gasteiger charge is -2.22. The number of hydrogen-bond donors (Lipinski definition) is 1. The van der Waals surface area contributed by atoms with Gasteiger partial charge in [-0.05, 0) is 73.0 Å². The molecule has 0 saturated carbocycles. The summed E-state index contributed by atoms with van der Waals surface area (Å²) in [6.07, 6.45) is 0. The lowest BCUT2D eigenvalue weighted by atomic mass is 10.1. The fourth-order valence-electron chi connectivity index (χ4n) is 3.06. The van der Waals surface area contributed by atoms with Gasteiger partial charge in [-0.3, -0.25) is 4.79 Å². The molecule has 3 rings (SSSR count). The number of nitrogens with one attached hydrogen (secondary N) is 1. The Kier molecular flexibility index (Phi) is 7.85. The summed E-state index contributed by atoms with van der Waals surface area (Å²) < 4.78 is 27.8. The van der Waals surface area contributed by atoms with E-state index in [0.717, 1.165) is 15.4 Å². The molecule has 0 atom stereocenters. The van der Waals surface area contributed by atoms with E-state index in [0.29, 0.717) is 26.3 Å². The van der Waals surface area contributed by atoms with Crippen molar-refractivity contribution in [2.75, 3.05) is 11.9 Å². The minimum atomic E-state index is -4.01. The van der Waals surface area contributed by atoms with Gasteiger partial charge in [-0.2, -0.15) is 4.31 Å². The molecule has 0 spiro atoms. The molecule has 1 amide bonds. The maximum Gasteiger partial charge on any atom is 0.243 e. The number of halogens is 3. The predicted molar refractivity (Wildman–Crippen MR) is 130 cm³/mol.